The van der Waals surface area contributed by atoms with Crippen LogP contribution in [0.5, 0.6) is 0 Å². The molecule has 0 bridgehead atoms. The minimum Gasteiger partial charge on any atom is -0.304 e. The van der Waals surface area contributed by atoms with Gasteiger partial charge in [0, 0.05) is 38.2 Å². The number of nitrogens with zero attached hydrogens (tertiary/aromatic N) is 3. The number of nitrogens with one attached hydrogen (secondary N) is 4. The Kier molecular flexibility index (Phi) is 6.85. The molecular weight excluding hydrogens is 483 g/mol. The van der Waals surface area contributed by atoms with Crippen LogP contribution in [-0.2, 0) is 6.18 Å². The average molecular weight is 522 g/mol. The van der Waals surface area contributed by atoms with Gasteiger partial charge in [-0.25, -0.2) is 15.6 Å². The van der Waals surface area contributed by atoms with Crippen LogP contribution in [0, 0.1) is 29.6 Å². The Balaban J connectivity index is 1.38. The van der Waals surface area contributed by atoms with Gasteiger partial charge in [0.05, 0.1) is 23.9 Å². The predicted molar refractivity (Wildman–Crippen MR) is 134 cm³/mol. The number of aromatic nitrogens is 2. The topological polar surface area (TPSA) is 77.8 Å². The van der Waals surface area contributed by atoms with E-state index in [9.17, 15) is 18.0 Å². The summed E-state index contributed by atoms with van der Waals surface area (Å²) in [6, 6.07) is 2.25. The Morgan fingerprint density at radius 2 is 1.84 bits per heavy atom. The van der Waals surface area contributed by atoms with Crippen molar-refractivity contribution in [2.24, 2.45) is 29.6 Å². The van der Waals surface area contributed by atoms with Crippen molar-refractivity contribution in [3.05, 3.63) is 40.6 Å². The molecular formula is C26H38F3N7O. The van der Waals surface area contributed by atoms with E-state index in [0.717, 1.165) is 51.8 Å². The molecule has 0 radical (unpaired) electrons. The van der Waals surface area contributed by atoms with Crippen LogP contribution in [0.15, 0.2) is 29.3 Å². The Morgan fingerprint density at radius 1 is 1.05 bits per heavy atom. The molecule has 2 saturated heterocycles. The quantitative estimate of drug-likeness (QED) is 0.485. The van der Waals surface area contributed by atoms with E-state index in [-0.39, 0.29) is 23.4 Å². The van der Waals surface area contributed by atoms with Gasteiger partial charge in [0.15, 0.2) is 0 Å². The van der Waals surface area contributed by atoms with Crippen molar-refractivity contribution >= 4 is 5.52 Å². The van der Waals surface area contributed by atoms with E-state index in [1.807, 2.05) is 0 Å². The number of hydrogen-bond acceptors (Lipinski definition) is 6. The largest absolute Gasteiger partial charge is 0.418 e. The van der Waals surface area contributed by atoms with E-state index in [2.05, 4.69) is 33.4 Å². The molecule has 4 fully saturated rings. The average Bonchev–Trinajstić information content (AvgIpc) is 3.43. The summed E-state index contributed by atoms with van der Waals surface area (Å²) in [5, 5.41) is 6.91. The van der Waals surface area contributed by atoms with Crippen LogP contribution >= 0.6 is 0 Å². The fourth-order valence-electron chi connectivity index (χ4n) is 7.54. The van der Waals surface area contributed by atoms with E-state index >= 15 is 0 Å². The molecule has 5 atom stereocenters. The van der Waals surface area contributed by atoms with Gasteiger partial charge in [-0.2, -0.15) is 13.2 Å². The predicted octanol–water partition coefficient (Wildman–Crippen LogP) is 2.58. The number of hydrogen-bond donors (Lipinski definition) is 4. The van der Waals surface area contributed by atoms with Crippen LogP contribution in [-0.4, -0.2) is 53.5 Å². The maximum atomic E-state index is 13.8. The number of alkyl halides is 3. The molecule has 8 nitrogen and oxygen atoms in total. The van der Waals surface area contributed by atoms with Gasteiger partial charge in [-0.3, -0.25) is 13.9 Å². The molecule has 2 saturated carbocycles. The lowest BCUT2D eigenvalue weighted by Crippen LogP contribution is -2.52. The maximum absolute atomic E-state index is 13.8. The lowest BCUT2D eigenvalue weighted by atomic mass is 9.61. The molecule has 2 aliphatic carbocycles. The molecule has 0 spiro atoms. The van der Waals surface area contributed by atoms with Gasteiger partial charge < -0.3 is 10.6 Å². The van der Waals surface area contributed by atoms with Crippen LogP contribution in [0.2, 0.25) is 0 Å². The molecule has 0 amide bonds. The van der Waals surface area contributed by atoms with Gasteiger partial charge in [0.1, 0.15) is 0 Å². The van der Waals surface area contributed by atoms with Gasteiger partial charge in [0.25, 0.3) is 0 Å². The summed E-state index contributed by atoms with van der Waals surface area (Å²) in [6.45, 7) is 3.45. The third-order valence-electron chi connectivity index (χ3n) is 9.56. The van der Waals surface area contributed by atoms with Gasteiger partial charge in [-0.1, -0.05) is 19.3 Å². The second-order valence-corrected chi connectivity index (χ2v) is 11.7. The Hall–Kier alpha value is -1.92. The highest BCUT2D eigenvalue weighted by molar-refractivity contribution is 5.55. The molecule has 6 rings (SSSR count). The molecule has 2 aromatic heterocycles. The van der Waals surface area contributed by atoms with Crippen molar-refractivity contribution in [1.29, 1.82) is 0 Å². The fourth-order valence-corrected chi connectivity index (χ4v) is 7.54. The van der Waals surface area contributed by atoms with Crippen molar-refractivity contribution in [3.8, 4) is 0 Å². The first-order valence-corrected chi connectivity index (χ1v) is 13.7. The highest BCUT2D eigenvalue weighted by atomic mass is 19.4. The minimum absolute atomic E-state index is 0.0587. The summed E-state index contributed by atoms with van der Waals surface area (Å²) >= 11 is 0. The van der Waals surface area contributed by atoms with E-state index in [1.54, 1.807) is 4.57 Å². The number of pyridine rings is 1. The smallest absolute Gasteiger partial charge is 0.304 e. The summed E-state index contributed by atoms with van der Waals surface area (Å²) in [4.78, 5) is 15.8. The zero-order valence-corrected chi connectivity index (χ0v) is 21.3. The molecule has 2 aliphatic heterocycles. The first-order valence-electron chi connectivity index (χ1n) is 13.7. The summed E-state index contributed by atoms with van der Waals surface area (Å²) in [5.41, 5.74) is 5.62. The van der Waals surface area contributed by atoms with Crippen molar-refractivity contribution < 1.29 is 13.2 Å². The van der Waals surface area contributed by atoms with Crippen LogP contribution in [0.25, 0.3) is 5.52 Å². The zero-order valence-electron chi connectivity index (χ0n) is 21.3. The summed E-state index contributed by atoms with van der Waals surface area (Å²) in [7, 11) is 2.14. The van der Waals surface area contributed by atoms with E-state index < -0.39 is 11.7 Å². The molecule has 4 N–H and O–H groups in total. The van der Waals surface area contributed by atoms with Crippen molar-refractivity contribution in [3.63, 3.8) is 0 Å². The summed E-state index contributed by atoms with van der Waals surface area (Å²) in [5.74, 6) is 2.28. The van der Waals surface area contributed by atoms with E-state index in [0.29, 0.717) is 29.6 Å². The monoisotopic (exact) mass is 521 g/mol. The molecule has 37 heavy (non-hydrogen) atoms. The normalized spacial score (nSPS) is 31.6. The van der Waals surface area contributed by atoms with Gasteiger partial charge in [-0.05, 0) is 68.0 Å². The Morgan fingerprint density at radius 3 is 2.49 bits per heavy atom. The van der Waals surface area contributed by atoms with E-state index in [4.69, 9.17) is 0 Å². The second-order valence-electron chi connectivity index (χ2n) is 11.7. The van der Waals surface area contributed by atoms with E-state index in [1.165, 1.54) is 42.1 Å². The first-order chi connectivity index (χ1) is 17.8. The van der Waals surface area contributed by atoms with Crippen LogP contribution < -0.4 is 27.2 Å². The molecule has 4 unspecified atom stereocenters. The Bertz CT molecular complexity index is 1150. The molecule has 4 aliphatic rings. The van der Waals surface area contributed by atoms with Crippen LogP contribution in [0.4, 0.5) is 13.2 Å². The van der Waals surface area contributed by atoms with Crippen molar-refractivity contribution in [2.75, 3.05) is 33.5 Å². The zero-order chi connectivity index (χ0) is 25.7. The maximum Gasteiger partial charge on any atom is 0.418 e. The highest BCUT2D eigenvalue weighted by Gasteiger charge is 2.46. The number of fused-ring (bicyclic) bond motifs is 1. The minimum atomic E-state index is -4.51. The summed E-state index contributed by atoms with van der Waals surface area (Å²) < 4.78 is 44.1. The van der Waals surface area contributed by atoms with Crippen LogP contribution in [0.1, 0.15) is 50.1 Å². The first kappa shape index (κ1) is 25.4. The Labute approximate surface area is 214 Å². The third-order valence-corrected chi connectivity index (χ3v) is 9.56. The standard InChI is InChI=1S/C26H38F3N7O/c1-34-15-32-33-24(34)23(16-4-2-5-16)18-8-17(19-11-30-14-31-12-19)9-20(10-18)36-13-22-21(26(27,28)29)6-3-7-35(22)25(36)37/h3,6-7,13,16-20,23-24,30-33H,2,4-5,8-12,14-15H2,1H3/t17?,18?,20?,23-,24?/m0/s1. The fraction of sp³-hybridized carbons (Fsp3) is 0.731. The molecule has 4 heterocycles. The van der Waals surface area contributed by atoms with Gasteiger partial charge in [0.2, 0.25) is 0 Å². The number of imidazole rings is 1. The molecule has 0 aromatic carbocycles. The summed E-state index contributed by atoms with van der Waals surface area (Å²) in [6.07, 6.45) is 5.05. The lowest BCUT2D eigenvalue weighted by Gasteiger charge is -2.49. The number of rotatable bonds is 5. The van der Waals surface area contributed by atoms with Crippen molar-refractivity contribution in [2.45, 2.75) is 56.9 Å². The SMILES string of the molecule is CN1CNNC1[C@@H](C1CCC1)C1CC(C2CNCNC2)CC(n2cc3c(C(F)(F)F)cccn3c2=O)C1. The van der Waals surface area contributed by atoms with Crippen LogP contribution in [0.3, 0.4) is 0 Å². The lowest BCUT2D eigenvalue weighted by molar-refractivity contribution is -0.136. The number of halogens is 3. The third kappa shape index (κ3) is 4.73. The van der Waals surface area contributed by atoms with Crippen molar-refractivity contribution in [1.82, 2.24) is 35.4 Å². The second kappa shape index (κ2) is 10.00. The number of hydrazine groups is 1. The molecule has 204 valence electrons. The van der Waals surface area contributed by atoms with Gasteiger partial charge in [-0.15, -0.1) is 0 Å². The molecule has 2 aromatic rings. The van der Waals surface area contributed by atoms with Gasteiger partial charge >= 0.3 is 11.9 Å². The molecule has 11 heteroatoms. The highest BCUT2D eigenvalue weighted by Crippen LogP contribution is 2.49.